The minimum absolute atomic E-state index is 0.750. The predicted octanol–water partition coefficient (Wildman–Crippen LogP) is 1.63. The molecule has 1 N–H and O–H groups in total. The summed E-state index contributed by atoms with van der Waals surface area (Å²) in [6, 6.07) is 0. The fraction of sp³-hybridized carbons (Fsp3) is 0.333. The summed E-state index contributed by atoms with van der Waals surface area (Å²) in [6.45, 7) is 4.78. The number of nitrogens with one attached hydrogen (secondary N) is 1. The third-order valence-electron chi connectivity index (χ3n) is 2.96. The van der Waals surface area contributed by atoms with Crippen LogP contribution in [-0.2, 0) is 13.6 Å². The monoisotopic (exact) mass is 257 g/mol. The molecule has 0 unspecified atom stereocenters. The summed E-state index contributed by atoms with van der Waals surface area (Å²) in [5.41, 5.74) is 3.60. The van der Waals surface area contributed by atoms with Gasteiger partial charge in [-0.25, -0.2) is 9.97 Å². The molecule has 0 amide bonds. The van der Waals surface area contributed by atoms with Gasteiger partial charge in [-0.1, -0.05) is 0 Å². The molecule has 7 heteroatoms. The quantitative estimate of drug-likeness (QED) is 0.772. The van der Waals surface area contributed by atoms with Gasteiger partial charge in [0, 0.05) is 19.8 Å². The lowest BCUT2D eigenvalue weighted by molar-refractivity contribution is 0.676. The molecule has 3 heterocycles. The molecule has 0 bridgehead atoms. The maximum Gasteiger partial charge on any atom is 0.160 e. The number of aryl methyl sites for hydroxylation is 3. The van der Waals surface area contributed by atoms with Crippen molar-refractivity contribution >= 4 is 22.5 Å². The maximum absolute atomic E-state index is 4.47. The largest absolute Gasteiger partial charge is 0.336 e. The first kappa shape index (κ1) is 11.6. The van der Waals surface area contributed by atoms with Crippen molar-refractivity contribution in [3.63, 3.8) is 0 Å². The van der Waals surface area contributed by atoms with Gasteiger partial charge >= 0.3 is 0 Å². The number of hydrogen-bond donors (Lipinski definition) is 1. The molecule has 3 rings (SSSR count). The van der Waals surface area contributed by atoms with E-state index in [1.54, 1.807) is 17.2 Å². The Labute approximate surface area is 110 Å². The Morgan fingerprint density at radius 3 is 2.84 bits per heavy atom. The van der Waals surface area contributed by atoms with Gasteiger partial charge in [-0.05, 0) is 13.8 Å². The number of aromatic nitrogens is 6. The van der Waals surface area contributed by atoms with Crippen LogP contribution in [0, 0.1) is 6.92 Å². The van der Waals surface area contributed by atoms with Crippen molar-refractivity contribution in [1.82, 2.24) is 29.5 Å². The van der Waals surface area contributed by atoms with Crippen LogP contribution in [0.1, 0.15) is 12.6 Å². The Morgan fingerprint density at radius 2 is 2.16 bits per heavy atom. The summed E-state index contributed by atoms with van der Waals surface area (Å²) in [7, 11) is 1.88. The van der Waals surface area contributed by atoms with Crippen molar-refractivity contribution in [2.75, 3.05) is 5.32 Å². The van der Waals surface area contributed by atoms with E-state index in [-0.39, 0.29) is 0 Å². The van der Waals surface area contributed by atoms with Crippen LogP contribution < -0.4 is 5.32 Å². The predicted molar refractivity (Wildman–Crippen MR) is 72.2 cm³/mol. The van der Waals surface area contributed by atoms with Crippen molar-refractivity contribution in [3.05, 3.63) is 24.4 Å². The molecule has 0 radical (unpaired) electrons. The van der Waals surface area contributed by atoms with Crippen LogP contribution in [0.15, 0.2) is 18.7 Å². The summed E-state index contributed by atoms with van der Waals surface area (Å²) in [5, 5.41) is 11.9. The Balaban J connectivity index is 2.12. The second-order valence-corrected chi connectivity index (χ2v) is 4.35. The van der Waals surface area contributed by atoms with Gasteiger partial charge in [0.2, 0.25) is 0 Å². The minimum Gasteiger partial charge on any atom is -0.336 e. The molecule has 0 saturated carbocycles. The first-order valence-corrected chi connectivity index (χ1v) is 6.13. The Kier molecular flexibility index (Phi) is 2.66. The molecular weight excluding hydrogens is 242 g/mol. The average molecular weight is 257 g/mol. The Morgan fingerprint density at radius 1 is 1.32 bits per heavy atom. The molecule has 0 saturated heterocycles. The van der Waals surface area contributed by atoms with E-state index < -0.39 is 0 Å². The van der Waals surface area contributed by atoms with E-state index in [1.165, 1.54) is 0 Å². The normalized spacial score (nSPS) is 11.1. The van der Waals surface area contributed by atoms with Crippen molar-refractivity contribution in [2.45, 2.75) is 20.4 Å². The first-order chi connectivity index (χ1) is 9.19. The van der Waals surface area contributed by atoms with Gasteiger partial charge < -0.3 is 5.32 Å². The third kappa shape index (κ3) is 1.92. The molecule has 0 aliphatic heterocycles. The highest BCUT2D eigenvalue weighted by molar-refractivity contribution is 5.88. The molecule has 3 aromatic rings. The highest BCUT2D eigenvalue weighted by Crippen LogP contribution is 2.24. The topological polar surface area (TPSA) is 73.5 Å². The number of anilines is 2. The van der Waals surface area contributed by atoms with E-state index in [2.05, 4.69) is 25.5 Å². The van der Waals surface area contributed by atoms with Crippen LogP contribution in [-0.4, -0.2) is 29.5 Å². The molecule has 98 valence electrons. The van der Waals surface area contributed by atoms with Gasteiger partial charge in [-0.2, -0.15) is 10.2 Å². The fourth-order valence-electron chi connectivity index (χ4n) is 2.11. The Hall–Kier alpha value is -2.44. The van der Waals surface area contributed by atoms with Crippen LogP contribution in [0.5, 0.6) is 0 Å². The van der Waals surface area contributed by atoms with Crippen molar-refractivity contribution in [2.24, 2.45) is 7.05 Å². The molecule has 0 aliphatic carbocycles. The third-order valence-corrected chi connectivity index (χ3v) is 2.96. The molecule has 0 aromatic carbocycles. The van der Waals surface area contributed by atoms with Gasteiger partial charge in [0.1, 0.15) is 17.4 Å². The lowest BCUT2D eigenvalue weighted by atomic mass is 10.3. The molecule has 19 heavy (non-hydrogen) atoms. The molecule has 7 nitrogen and oxygen atoms in total. The lowest BCUT2D eigenvalue weighted by Crippen LogP contribution is -2.01. The van der Waals surface area contributed by atoms with E-state index in [0.717, 1.165) is 34.8 Å². The summed E-state index contributed by atoms with van der Waals surface area (Å²) >= 11 is 0. The highest BCUT2D eigenvalue weighted by Gasteiger charge is 2.13. The number of fused-ring (bicyclic) bond motifs is 1. The zero-order chi connectivity index (χ0) is 13.4. The van der Waals surface area contributed by atoms with Crippen LogP contribution in [0.4, 0.5) is 11.5 Å². The van der Waals surface area contributed by atoms with E-state index in [1.807, 2.05) is 31.8 Å². The number of nitrogens with zero attached hydrogens (tertiary/aromatic N) is 6. The van der Waals surface area contributed by atoms with Crippen LogP contribution in [0.3, 0.4) is 0 Å². The Bertz CT molecular complexity index is 725. The van der Waals surface area contributed by atoms with E-state index in [0.29, 0.717) is 0 Å². The second-order valence-electron chi connectivity index (χ2n) is 4.35. The van der Waals surface area contributed by atoms with Crippen LogP contribution >= 0.6 is 0 Å². The molecule has 0 atom stereocenters. The second kappa shape index (κ2) is 4.34. The lowest BCUT2D eigenvalue weighted by Gasteiger charge is -2.05. The van der Waals surface area contributed by atoms with Crippen molar-refractivity contribution in [1.29, 1.82) is 0 Å². The van der Waals surface area contributed by atoms with Crippen molar-refractivity contribution in [3.8, 4) is 0 Å². The summed E-state index contributed by atoms with van der Waals surface area (Å²) < 4.78 is 3.65. The van der Waals surface area contributed by atoms with Gasteiger partial charge in [-0.15, -0.1) is 0 Å². The standard InChI is InChI=1S/C12H15N7/c1-4-19-11-10(8(2)17-19)13-7-14-12(11)16-9-5-15-18(3)6-9/h5-7H,4H2,1-3H3,(H,13,14,16). The maximum atomic E-state index is 4.47. The van der Waals surface area contributed by atoms with Gasteiger partial charge in [-0.3, -0.25) is 9.36 Å². The summed E-state index contributed by atoms with van der Waals surface area (Å²) in [5.74, 6) is 0.750. The highest BCUT2D eigenvalue weighted by atomic mass is 15.3. The molecule has 0 spiro atoms. The van der Waals surface area contributed by atoms with Crippen LogP contribution in [0.2, 0.25) is 0 Å². The molecule has 0 fully saturated rings. The van der Waals surface area contributed by atoms with Gasteiger partial charge in [0.15, 0.2) is 5.82 Å². The molecular formula is C12H15N7. The van der Waals surface area contributed by atoms with Gasteiger partial charge in [0.05, 0.1) is 17.6 Å². The minimum atomic E-state index is 0.750. The average Bonchev–Trinajstić information content (AvgIpc) is 2.95. The summed E-state index contributed by atoms with van der Waals surface area (Å²) in [4.78, 5) is 8.61. The smallest absolute Gasteiger partial charge is 0.160 e. The zero-order valence-electron chi connectivity index (χ0n) is 11.1. The van der Waals surface area contributed by atoms with Crippen molar-refractivity contribution < 1.29 is 0 Å². The fourth-order valence-corrected chi connectivity index (χ4v) is 2.11. The van der Waals surface area contributed by atoms with Gasteiger partial charge in [0.25, 0.3) is 0 Å². The first-order valence-electron chi connectivity index (χ1n) is 6.13. The number of hydrogen-bond acceptors (Lipinski definition) is 5. The SMILES string of the molecule is CCn1nc(C)c2ncnc(Nc3cnn(C)c3)c21. The zero-order valence-corrected chi connectivity index (χ0v) is 11.1. The van der Waals surface area contributed by atoms with E-state index >= 15 is 0 Å². The van der Waals surface area contributed by atoms with E-state index in [4.69, 9.17) is 0 Å². The van der Waals surface area contributed by atoms with E-state index in [9.17, 15) is 0 Å². The summed E-state index contributed by atoms with van der Waals surface area (Å²) in [6.07, 6.45) is 5.20. The number of rotatable bonds is 3. The molecule has 3 aromatic heterocycles. The van der Waals surface area contributed by atoms with Crippen LogP contribution in [0.25, 0.3) is 11.0 Å². The molecule has 0 aliphatic rings.